The third kappa shape index (κ3) is 5.10. The molecule has 1 heterocycles. The van der Waals surface area contributed by atoms with Crippen LogP contribution >= 0.6 is 0 Å². The maximum atomic E-state index is 12.3. The molecule has 5 nitrogen and oxygen atoms in total. The Bertz CT molecular complexity index is 478. The van der Waals surface area contributed by atoms with E-state index in [0.29, 0.717) is 12.3 Å². The van der Waals surface area contributed by atoms with Gasteiger partial charge in [0.05, 0.1) is 19.3 Å². The van der Waals surface area contributed by atoms with E-state index in [-0.39, 0.29) is 23.8 Å². The van der Waals surface area contributed by atoms with Crippen LogP contribution in [0.25, 0.3) is 6.08 Å². The first kappa shape index (κ1) is 17.0. The number of methoxy groups -OCH3 is 1. The maximum Gasteiger partial charge on any atom is 0.310 e. The van der Waals surface area contributed by atoms with Crippen molar-refractivity contribution in [3.05, 3.63) is 30.2 Å². The van der Waals surface area contributed by atoms with Gasteiger partial charge in [-0.25, -0.2) is 0 Å². The Morgan fingerprint density at radius 1 is 1.43 bits per heavy atom. The van der Waals surface area contributed by atoms with Crippen LogP contribution in [0.15, 0.2) is 28.9 Å². The van der Waals surface area contributed by atoms with Crippen molar-refractivity contribution in [1.29, 1.82) is 0 Å². The van der Waals surface area contributed by atoms with E-state index in [9.17, 15) is 9.59 Å². The largest absolute Gasteiger partial charge is 0.469 e. The summed E-state index contributed by atoms with van der Waals surface area (Å²) in [7, 11) is 1.35. The number of hydrogen-bond acceptors (Lipinski definition) is 4. The molecule has 0 saturated heterocycles. The van der Waals surface area contributed by atoms with Crippen LogP contribution in [0.1, 0.15) is 33.0 Å². The zero-order valence-corrected chi connectivity index (χ0v) is 13.0. The van der Waals surface area contributed by atoms with Crippen LogP contribution in [0.5, 0.6) is 0 Å². The monoisotopic (exact) mass is 293 g/mol. The van der Waals surface area contributed by atoms with E-state index in [1.807, 2.05) is 13.8 Å². The van der Waals surface area contributed by atoms with Crippen LogP contribution in [-0.4, -0.2) is 36.5 Å². The fourth-order valence-electron chi connectivity index (χ4n) is 1.91. The summed E-state index contributed by atoms with van der Waals surface area (Å²) >= 11 is 0. The molecule has 1 amide bonds. The quantitative estimate of drug-likeness (QED) is 0.573. The number of hydrogen-bond donors (Lipinski definition) is 0. The van der Waals surface area contributed by atoms with Gasteiger partial charge in [-0.3, -0.25) is 9.59 Å². The van der Waals surface area contributed by atoms with E-state index >= 15 is 0 Å². The van der Waals surface area contributed by atoms with Gasteiger partial charge in [-0.15, -0.1) is 0 Å². The average molecular weight is 293 g/mol. The van der Waals surface area contributed by atoms with Gasteiger partial charge in [0, 0.05) is 18.7 Å². The van der Waals surface area contributed by atoms with Gasteiger partial charge in [-0.1, -0.05) is 13.8 Å². The molecule has 1 aromatic heterocycles. The highest BCUT2D eigenvalue weighted by molar-refractivity contribution is 5.92. The lowest BCUT2D eigenvalue weighted by Gasteiger charge is -2.29. The van der Waals surface area contributed by atoms with Gasteiger partial charge in [0.25, 0.3) is 0 Å². The van der Waals surface area contributed by atoms with E-state index in [1.165, 1.54) is 13.2 Å². The smallest absolute Gasteiger partial charge is 0.310 e. The first-order valence-corrected chi connectivity index (χ1v) is 7.09. The number of carbonyl (C=O) groups is 2. The lowest BCUT2D eigenvalue weighted by atomic mass is 10.1. The van der Waals surface area contributed by atoms with E-state index in [2.05, 4.69) is 0 Å². The van der Waals surface area contributed by atoms with Crippen molar-refractivity contribution >= 4 is 18.0 Å². The molecule has 0 saturated carbocycles. The number of ether oxygens (including phenoxy) is 1. The van der Waals surface area contributed by atoms with Crippen LogP contribution in [0.2, 0.25) is 0 Å². The molecule has 0 aromatic carbocycles. The van der Waals surface area contributed by atoms with E-state index < -0.39 is 0 Å². The van der Waals surface area contributed by atoms with Crippen LogP contribution < -0.4 is 0 Å². The van der Waals surface area contributed by atoms with Crippen molar-refractivity contribution in [3.63, 3.8) is 0 Å². The second-order valence-electron chi connectivity index (χ2n) is 5.02. The summed E-state index contributed by atoms with van der Waals surface area (Å²) < 4.78 is 9.87. The number of amides is 1. The molecule has 0 radical (unpaired) electrons. The standard InChI is InChI=1S/C16H23NO4/c1-5-13(3)17(11-12(2)16(19)20-4)15(18)9-8-14-7-6-10-21-14/h6-10,12-13H,5,11H2,1-4H3/b9-8+. The molecule has 0 aliphatic rings. The summed E-state index contributed by atoms with van der Waals surface area (Å²) in [5.74, 6) is -0.193. The molecule has 2 atom stereocenters. The van der Waals surface area contributed by atoms with Crippen molar-refractivity contribution in [1.82, 2.24) is 4.90 Å². The Balaban J connectivity index is 2.77. The Morgan fingerprint density at radius 3 is 2.67 bits per heavy atom. The van der Waals surface area contributed by atoms with Crippen molar-refractivity contribution in [2.45, 2.75) is 33.2 Å². The summed E-state index contributed by atoms with van der Waals surface area (Å²) in [6, 6.07) is 3.58. The molecular formula is C16H23NO4. The minimum atomic E-state index is -0.357. The Hall–Kier alpha value is -2.04. The SMILES string of the molecule is CCC(C)N(CC(C)C(=O)OC)C(=O)/C=C/c1ccco1. The first-order valence-electron chi connectivity index (χ1n) is 7.09. The minimum Gasteiger partial charge on any atom is -0.469 e. The van der Waals surface area contributed by atoms with E-state index in [1.54, 1.807) is 36.3 Å². The normalized spacial score (nSPS) is 13.9. The first-order chi connectivity index (χ1) is 9.99. The van der Waals surface area contributed by atoms with Crippen molar-refractivity contribution in [2.75, 3.05) is 13.7 Å². The molecule has 116 valence electrons. The molecule has 2 unspecified atom stereocenters. The molecule has 0 aliphatic heterocycles. The molecule has 0 N–H and O–H groups in total. The Labute approximate surface area is 125 Å². The van der Waals surface area contributed by atoms with Gasteiger partial charge >= 0.3 is 5.97 Å². The molecule has 21 heavy (non-hydrogen) atoms. The number of furan rings is 1. The summed E-state index contributed by atoms with van der Waals surface area (Å²) in [6.07, 6.45) is 5.46. The Morgan fingerprint density at radius 2 is 2.14 bits per heavy atom. The summed E-state index contributed by atoms with van der Waals surface area (Å²) in [5.41, 5.74) is 0. The molecule has 0 aliphatic carbocycles. The summed E-state index contributed by atoms with van der Waals surface area (Å²) in [6.45, 7) is 6.06. The van der Waals surface area contributed by atoms with Gasteiger partial charge in [-0.05, 0) is 31.6 Å². The topological polar surface area (TPSA) is 59.8 Å². The third-order valence-electron chi connectivity index (χ3n) is 3.41. The van der Waals surface area contributed by atoms with E-state index in [0.717, 1.165) is 6.42 Å². The highest BCUT2D eigenvalue weighted by Crippen LogP contribution is 2.11. The molecule has 5 heteroatoms. The highest BCUT2D eigenvalue weighted by atomic mass is 16.5. The van der Waals surface area contributed by atoms with Gasteiger partial charge in [0.1, 0.15) is 5.76 Å². The second-order valence-corrected chi connectivity index (χ2v) is 5.02. The van der Waals surface area contributed by atoms with Gasteiger partial charge in [-0.2, -0.15) is 0 Å². The fourth-order valence-corrected chi connectivity index (χ4v) is 1.91. The number of rotatable bonds is 7. The van der Waals surface area contributed by atoms with Crippen molar-refractivity contribution < 1.29 is 18.7 Å². The zero-order valence-electron chi connectivity index (χ0n) is 13.0. The van der Waals surface area contributed by atoms with Crippen molar-refractivity contribution in [3.8, 4) is 0 Å². The predicted molar refractivity (Wildman–Crippen MR) is 80.4 cm³/mol. The maximum absolute atomic E-state index is 12.3. The van der Waals surface area contributed by atoms with Crippen LogP contribution in [0, 0.1) is 5.92 Å². The molecular weight excluding hydrogens is 270 g/mol. The molecule has 0 fully saturated rings. The molecule has 0 bridgehead atoms. The van der Waals surface area contributed by atoms with Gasteiger partial charge in [0.15, 0.2) is 0 Å². The van der Waals surface area contributed by atoms with Gasteiger partial charge < -0.3 is 14.1 Å². The molecule has 1 aromatic rings. The molecule has 1 rings (SSSR count). The average Bonchev–Trinajstić information content (AvgIpc) is 3.01. The van der Waals surface area contributed by atoms with E-state index in [4.69, 9.17) is 9.15 Å². The number of carbonyl (C=O) groups excluding carboxylic acids is 2. The lowest BCUT2D eigenvalue weighted by molar-refractivity contribution is -0.146. The molecule has 0 spiro atoms. The minimum absolute atomic E-state index is 0.0471. The predicted octanol–water partition coefficient (Wildman–Crippen LogP) is 2.73. The Kier molecular flexibility index (Phi) is 6.72. The third-order valence-corrected chi connectivity index (χ3v) is 3.41. The van der Waals surface area contributed by atoms with Crippen molar-refractivity contribution in [2.24, 2.45) is 5.92 Å². The number of nitrogens with zero attached hydrogens (tertiary/aromatic N) is 1. The highest BCUT2D eigenvalue weighted by Gasteiger charge is 2.23. The lowest BCUT2D eigenvalue weighted by Crippen LogP contribution is -2.42. The second kappa shape index (κ2) is 8.29. The fraction of sp³-hybridized carbons (Fsp3) is 0.500. The van der Waals surface area contributed by atoms with Crippen LogP contribution in [0.3, 0.4) is 0 Å². The summed E-state index contributed by atoms with van der Waals surface area (Å²) in [4.78, 5) is 25.5. The number of esters is 1. The zero-order chi connectivity index (χ0) is 15.8. The van der Waals surface area contributed by atoms with Gasteiger partial charge in [0.2, 0.25) is 5.91 Å². The van der Waals surface area contributed by atoms with Crippen LogP contribution in [-0.2, 0) is 14.3 Å². The summed E-state index contributed by atoms with van der Waals surface area (Å²) in [5, 5.41) is 0. The van der Waals surface area contributed by atoms with Crippen LogP contribution in [0.4, 0.5) is 0 Å².